The van der Waals surface area contributed by atoms with Crippen molar-refractivity contribution in [3.05, 3.63) is 89.4 Å². The molecule has 4 heteroatoms. The third kappa shape index (κ3) is 4.01. The van der Waals surface area contributed by atoms with Crippen LogP contribution in [0.3, 0.4) is 0 Å². The maximum absolute atomic E-state index is 6.31. The number of thioether (sulfide) groups is 1. The van der Waals surface area contributed by atoms with E-state index in [0.29, 0.717) is 5.02 Å². The average molecular weight is 405 g/mol. The van der Waals surface area contributed by atoms with Gasteiger partial charge in [0.2, 0.25) is 0 Å². The second kappa shape index (κ2) is 8.26. The Kier molecular flexibility index (Phi) is 5.56. The molecule has 0 amide bonds. The molecule has 0 saturated carbocycles. The number of halogens is 1. The number of benzene rings is 3. The molecule has 0 aliphatic rings. The Balaban J connectivity index is 1.65. The van der Waals surface area contributed by atoms with E-state index < -0.39 is 0 Å². The lowest BCUT2D eigenvalue weighted by Gasteiger charge is -2.12. The molecule has 4 rings (SSSR count). The maximum atomic E-state index is 6.31. The molecule has 0 bridgehead atoms. The highest BCUT2D eigenvalue weighted by Gasteiger charge is 2.13. The first-order valence-corrected chi connectivity index (χ1v) is 10.5. The third-order valence-electron chi connectivity index (χ3n) is 4.52. The minimum absolute atomic E-state index is 0.198. The van der Waals surface area contributed by atoms with Crippen molar-refractivity contribution in [1.29, 1.82) is 0 Å². The molecule has 0 aliphatic carbocycles. The zero-order valence-electron chi connectivity index (χ0n) is 15.8. The van der Waals surface area contributed by atoms with Crippen molar-refractivity contribution >= 4 is 46.2 Å². The molecule has 1 aromatic heterocycles. The molecule has 1 unspecified atom stereocenters. The van der Waals surface area contributed by atoms with Crippen molar-refractivity contribution < 1.29 is 0 Å². The second-order valence-electron chi connectivity index (χ2n) is 6.77. The second-order valence-corrected chi connectivity index (χ2v) is 8.57. The number of hydrogen-bond acceptors (Lipinski definition) is 2. The Labute approximate surface area is 174 Å². The number of nitrogens with zero attached hydrogens (tertiary/aromatic N) is 2. The van der Waals surface area contributed by atoms with E-state index in [9.17, 15) is 0 Å². The van der Waals surface area contributed by atoms with Gasteiger partial charge in [-0.15, -0.1) is 0 Å². The quantitative estimate of drug-likeness (QED) is 0.249. The molecule has 3 aromatic carbocycles. The summed E-state index contributed by atoms with van der Waals surface area (Å²) in [6, 6.07) is 27.1. The molecule has 28 heavy (non-hydrogen) atoms. The van der Waals surface area contributed by atoms with Gasteiger partial charge in [0, 0.05) is 22.5 Å². The Hall–Kier alpha value is -2.49. The fraction of sp³-hybridized carbons (Fsp3) is 0.125. The first-order chi connectivity index (χ1) is 13.6. The van der Waals surface area contributed by atoms with E-state index in [2.05, 4.69) is 71.1 Å². The summed E-state index contributed by atoms with van der Waals surface area (Å²) in [5, 5.41) is 3.32. The number of rotatable bonds is 5. The lowest BCUT2D eigenvalue weighted by atomic mass is 10.2. The van der Waals surface area contributed by atoms with E-state index in [1.807, 2.05) is 37.4 Å². The van der Waals surface area contributed by atoms with Crippen molar-refractivity contribution in [3.63, 3.8) is 0 Å². The summed E-state index contributed by atoms with van der Waals surface area (Å²) in [5.41, 5.74) is 4.32. The van der Waals surface area contributed by atoms with Gasteiger partial charge in [-0.1, -0.05) is 65.8 Å². The SMILES string of the molecule is Cc1ccc(N=CC(C)Sc2cc3ccccc3n2-c2ccccc2)c(Cl)c1. The molecular weight excluding hydrogens is 384 g/mol. The van der Waals surface area contributed by atoms with Crippen LogP contribution < -0.4 is 0 Å². The molecule has 0 aliphatic heterocycles. The monoisotopic (exact) mass is 404 g/mol. The number of aromatic nitrogens is 1. The topological polar surface area (TPSA) is 17.3 Å². The summed E-state index contributed by atoms with van der Waals surface area (Å²) >= 11 is 8.10. The van der Waals surface area contributed by atoms with Gasteiger partial charge in [0.1, 0.15) is 0 Å². The molecule has 0 spiro atoms. The van der Waals surface area contributed by atoms with E-state index in [4.69, 9.17) is 11.6 Å². The van der Waals surface area contributed by atoms with Crippen LogP contribution >= 0.6 is 23.4 Å². The summed E-state index contributed by atoms with van der Waals surface area (Å²) in [4.78, 5) is 4.61. The van der Waals surface area contributed by atoms with E-state index in [1.165, 1.54) is 15.9 Å². The fourth-order valence-electron chi connectivity index (χ4n) is 3.18. The number of aliphatic imine (C=N–C) groups is 1. The van der Waals surface area contributed by atoms with Gasteiger partial charge in [-0.05, 0) is 55.8 Å². The Morgan fingerprint density at radius 1 is 0.964 bits per heavy atom. The number of aryl methyl sites for hydroxylation is 1. The molecule has 0 saturated heterocycles. The highest BCUT2D eigenvalue weighted by molar-refractivity contribution is 8.00. The van der Waals surface area contributed by atoms with E-state index >= 15 is 0 Å². The lowest BCUT2D eigenvalue weighted by Crippen LogP contribution is -2.01. The smallest absolute Gasteiger partial charge is 0.0812 e. The standard InChI is InChI=1S/C24H21ClN2S/c1-17-12-13-22(21(25)14-17)26-16-18(2)28-24-15-19-8-6-7-11-23(19)27(24)20-9-4-3-5-10-20/h3-16,18H,1-2H3. The van der Waals surface area contributed by atoms with Crippen LogP contribution in [0.5, 0.6) is 0 Å². The van der Waals surface area contributed by atoms with E-state index in [0.717, 1.165) is 16.9 Å². The van der Waals surface area contributed by atoms with Gasteiger partial charge in [-0.3, -0.25) is 4.99 Å². The van der Waals surface area contributed by atoms with Crippen LogP contribution in [0.25, 0.3) is 16.6 Å². The van der Waals surface area contributed by atoms with Crippen molar-refractivity contribution in [2.75, 3.05) is 0 Å². The highest BCUT2D eigenvalue weighted by atomic mass is 35.5. The normalized spacial score (nSPS) is 12.7. The van der Waals surface area contributed by atoms with Gasteiger partial charge in [0.15, 0.2) is 0 Å². The zero-order valence-corrected chi connectivity index (χ0v) is 17.4. The summed E-state index contributed by atoms with van der Waals surface area (Å²) in [6.45, 7) is 4.18. The number of para-hydroxylation sites is 2. The van der Waals surface area contributed by atoms with E-state index in [1.54, 1.807) is 11.8 Å². The third-order valence-corrected chi connectivity index (χ3v) is 5.86. The predicted octanol–water partition coefficient (Wildman–Crippen LogP) is 7.48. The maximum Gasteiger partial charge on any atom is 0.0812 e. The van der Waals surface area contributed by atoms with Crippen molar-refractivity contribution in [3.8, 4) is 5.69 Å². The van der Waals surface area contributed by atoms with Gasteiger partial charge < -0.3 is 4.57 Å². The Morgan fingerprint density at radius 2 is 1.71 bits per heavy atom. The first-order valence-electron chi connectivity index (χ1n) is 9.25. The van der Waals surface area contributed by atoms with Crippen LogP contribution in [0.4, 0.5) is 5.69 Å². The minimum atomic E-state index is 0.198. The minimum Gasteiger partial charge on any atom is -0.304 e. The summed E-state index contributed by atoms with van der Waals surface area (Å²) in [5.74, 6) is 0. The average Bonchev–Trinajstić information content (AvgIpc) is 3.05. The number of hydrogen-bond donors (Lipinski definition) is 0. The molecule has 1 atom stereocenters. The van der Waals surface area contributed by atoms with Gasteiger partial charge >= 0.3 is 0 Å². The summed E-state index contributed by atoms with van der Waals surface area (Å²) in [7, 11) is 0. The Bertz CT molecular complexity index is 1130. The molecule has 140 valence electrons. The molecule has 1 heterocycles. The first kappa shape index (κ1) is 18.9. The van der Waals surface area contributed by atoms with Crippen molar-refractivity contribution in [1.82, 2.24) is 4.57 Å². The van der Waals surface area contributed by atoms with Crippen LogP contribution in [0.2, 0.25) is 5.02 Å². The fourth-order valence-corrected chi connectivity index (χ4v) is 4.47. The lowest BCUT2D eigenvalue weighted by molar-refractivity contribution is 0.989. The molecule has 4 aromatic rings. The van der Waals surface area contributed by atoms with Gasteiger partial charge in [-0.2, -0.15) is 0 Å². The summed E-state index contributed by atoms with van der Waals surface area (Å²) < 4.78 is 2.31. The van der Waals surface area contributed by atoms with Crippen molar-refractivity contribution in [2.45, 2.75) is 24.1 Å². The van der Waals surface area contributed by atoms with Crippen LogP contribution in [0.1, 0.15) is 12.5 Å². The zero-order chi connectivity index (χ0) is 19.5. The highest BCUT2D eigenvalue weighted by Crippen LogP contribution is 2.33. The van der Waals surface area contributed by atoms with Crippen LogP contribution in [0.15, 0.2) is 88.9 Å². The molecule has 0 fully saturated rings. The van der Waals surface area contributed by atoms with Gasteiger partial charge in [0.05, 0.1) is 21.3 Å². The number of fused-ring (bicyclic) bond motifs is 1. The molecule has 0 radical (unpaired) electrons. The molecule has 2 nitrogen and oxygen atoms in total. The van der Waals surface area contributed by atoms with Crippen LogP contribution in [0, 0.1) is 6.92 Å². The summed E-state index contributed by atoms with van der Waals surface area (Å²) in [6.07, 6.45) is 1.97. The van der Waals surface area contributed by atoms with Gasteiger partial charge in [-0.25, -0.2) is 0 Å². The Morgan fingerprint density at radius 3 is 2.50 bits per heavy atom. The van der Waals surface area contributed by atoms with Crippen molar-refractivity contribution in [2.24, 2.45) is 4.99 Å². The molecular formula is C24H21ClN2S. The van der Waals surface area contributed by atoms with E-state index in [-0.39, 0.29) is 5.25 Å². The largest absolute Gasteiger partial charge is 0.304 e. The van der Waals surface area contributed by atoms with Gasteiger partial charge in [0.25, 0.3) is 0 Å². The predicted molar refractivity (Wildman–Crippen MR) is 123 cm³/mol. The van der Waals surface area contributed by atoms with Crippen LogP contribution in [-0.2, 0) is 0 Å². The molecule has 0 N–H and O–H groups in total. The van der Waals surface area contributed by atoms with Crippen LogP contribution in [-0.4, -0.2) is 16.0 Å².